The highest BCUT2D eigenvalue weighted by Gasteiger charge is 2.21. The third kappa shape index (κ3) is 2.76. The van der Waals surface area contributed by atoms with Gasteiger partial charge in [-0.15, -0.1) is 0 Å². The molecule has 0 aromatic heterocycles. The summed E-state index contributed by atoms with van der Waals surface area (Å²) in [6.45, 7) is 10.6. The van der Waals surface area contributed by atoms with Gasteiger partial charge in [-0.3, -0.25) is 9.80 Å². The Morgan fingerprint density at radius 2 is 1.83 bits per heavy atom. The molecule has 1 aliphatic heterocycles. The summed E-state index contributed by atoms with van der Waals surface area (Å²) in [5, 5.41) is 0. The molecule has 0 N–H and O–H groups in total. The van der Waals surface area contributed by atoms with Crippen molar-refractivity contribution in [1.82, 2.24) is 9.80 Å². The van der Waals surface area contributed by atoms with E-state index in [0.29, 0.717) is 0 Å². The maximum absolute atomic E-state index is 2.57. The lowest BCUT2D eigenvalue weighted by Crippen LogP contribution is -2.33. The first kappa shape index (κ1) is 10.0. The first-order chi connectivity index (χ1) is 5.59. The van der Waals surface area contributed by atoms with Crippen LogP contribution in [0, 0.1) is 5.92 Å². The summed E-state index contributed by atoms with van der Waals surface area (Å²) in [7, 11) is 2.20. The van der Waals surface area contributed by atoms with Crippen molar-refractivity contribution in [1.29, 1.82) is 0 Å². The van der Waals surface area contributed by atoms with E-state index in [1.54, 1.807) is 0 Å². The molecule has 1 aliphatic rings. The molecule has 0 radical (unpaired) electrons. The van der Waals surface area contributed by atoms with Gasteiger partial charge >= 0.3 is 0 Å². The molecule has 1 atom stereocenters. The van der Waals surface area contributed by atoms with E-state index in [2.05, 4.69) is 37.6 Å². The van der Waals surface area contributed by atoms with E-state index in [1.165, 1.54) is 19.5 Å². The molecule has 12 heavy (non-hydrogen) atoms. The maximum atomic E-state index is 2.57. The van der Waals surface area contributed by atoms with Crippen LogP contribution in [0.5, 0.6) is 0 Å². The van der Waals surface area contributed by atoms with Gasteiger partial charge < -0.3 is 0 Å². The van der Waals surface area contributed by atoms with Crippen LogP contribution in [-0.4, -0.2) is 42.6 Å². The van der Waals surface area contributed by atoms with E-state index >= 15 is 0 Å². The average Bonchev–Trinajstić information content (AvgIpc) is 2.34. The van der Waals surface area contributed by atoms with Crippen LogP contribution in [0.2, 0.25) is 0 Å². The number of hydrogen-bond donors (Lipinski definition) is 0. The molecule has 1 heterocycles. The summed E-state index contributed by atoms with van der Waals surface area (Å²) in [6, 6.07) is 0.759. The lowest BCUT2D eigenvalue weighted by molar-refractivity contribution is 0.196. The maximum Gasteiger partial charge on any atom is 0.0507 e. The van der Waals surface area contributed by atoms with Crippen molar-refractivity contribution in [2.24, 2.45) is 5.92 Å². The summed E-state index contributed by atoms with van der Waals surface area (Å²) in [5.41, 5.74) is 0. The minimum atomic E-state index is 0.759. The van der Waals surface area contributed by atoms with Gasteiger partial charge in [0.05, 0.1) is 6.67 Å². The van der Waals surface area contributed by atoms with Crippen LogP contribution in [0.1, 0.15) is 27.2 Å². The van der Waals surface area contributed by atoms with E-state index in [1.807, 2.05) is 0 Å². The normalized spacial score (nSPS) is 23.8. The summed E-state index contributed by atoms with van der Waals surface area (Å²) >= 11 is 0. The third-order valence-corrected chi connectivity index (χ3v) is 2.63. The largest absolute Gasteiger partial charge is 0.292 e. The Labute approximate surface area is 76.5 Å². The molecule has 1 unspecified atom stereocenters. The Bertz CT molecular complexity index is 134. The fraction of sp³-hybridized carbons (Fsp3) is 1.00. The van der Waals surface area contributed by atoms with Gasteiger partial charge in [-0.1, -0.05) is 13.8 Å². The Kier molecular flexibility index (Phi) is 3.53. The fourth-order valence-corrected chi connectivity index (χ4v) is 1.94. The van der Waals surface area contributed by atoms with Crippen LogP contribution in [-0.2, 0) is 0 Å². The van der Waals surface area contributed by atoms with Crippen LogP contribution in [0.3, 0.4) is 0 Å². The number of likely N-dealkylation sites (N-methyl/N-ethyl adjacent to an activating group) is 1. The lowest BCUT2D eigenvalue weighted by Gasteiger charge is -2.25. The highest BCUT2D eigenvalue weighted by Crippen LogP contribution is 2.14. The molecule has 0 bridgehead atoms. The zero-order chi connectivity index (χ0) is 9.14. The van der Waals surface area contributed by atoms with Gasteiger partial charge in [0.2, 0.25) is 0 Å². The SMILES string of the molecule is CC(C)CC(C)N1CCN(C)C1. The first-order valence-corrected chi connectivity index (χ1v) is 5.02. The number of nitrogens with zero attached hydrogens (tertiary/aromatic N) is 2. The van der Waals surface area contributed by atoms with Crippen LogP contribution in [0.15, 0.2) is 0 Å². The van der Waals surface area contributed by atoms with Crippen molar-refractivity contribution < 1.29 is 0 Å². The lowest BCUT2D eigenvalue weighted by atomic mass is 10.0. The Morgan fingerprint density at radius 1 is 1.17 bits per heavy atom. The molecule has 72 valence electrons. The van der Waals surface area contributed by atoms with Crippen LogP contribution >= 0.6 is 0 Å². The molecule has 2 heteroatoms. The second-order valence-electron chi connectivity index (χ2n) is 4.51. The van der Waals surface area contributed by atoms with Crippen molar-refractivity contribution in [2.75, 3.05) is 26.8 Å². The average molecular weight is 170 g/mol. The minimum Gasteiger partial charge on any atom is -0.292 e. The predicted octanol–water partition coefficient (Wildman–Crippen LogP) is 1.63. The smallest absolute Gasteiger partial charge is 0.0507 e. The zero-order valence-corrected chi connectivity index (χ0v) is 8.88. The van der Waals surface area contributed by atoms with Gasteiger partial charge in [-0.25, -0.2) is 0 Å². The van der Waals surface area contributed by atoms with Crippen LogP contribution < -0.4 is 0 Å². The van der Waals surface area contributed by atoms with Crippen molar-refractivity contribution >= 4 is 0 Å². The summed E-state index contributed by atoms with van der Waals surface area (Å²) in [5.74, 6) is 0.825. The fourth-order valence-electron chi connectivity index (χ4n) is 1.94. The van der Waals surface area contributed by atoms with Gasteiger partial charge in [-0.05, 0) is 26.3 Å². The van der Waals surface area contributed by atoms with E-state index in [-0.39, 0.29) is 0 Å². The summed E-state index contributed by atoms with van der Waals surface area (Å²) in [4.78, 5) is 4.96. The molecule has 0 aromatic rings. The minimum absolute atomic E-state index is 0.759. The quantitative estimate of drug-likeness (QED) is 0.635. The number of rotatable bonds is 3. The topological polar surface area (TPSA) is 6.48 Å². The monoisotopic (exact) mass is 170 g/mol. The molecule has 0 amide bonds. The molecule has 0 aromatic carbocycles. The molecule has 0 spiro atoms. The zero-order valence-electron chi connectivity index (χ0n) is 8.88. The van der Waals surface area contributed by atoms with E-state index in [4.69, 9.17) is 0 Å². The predicted molar refractivity (Wildman–Crippen MR) is 53.1 cm³/mol. The van der Waals surface area contributed by atoms with Gasteiger partial charge in [-0.2, -0.15) is 0 Å². The first-order valence-electron chi connectivity index (χ1n) is 5.02. The second-order valence-corrected chi connectivity index (χ2v) is 4.51. The molecule has 0 saturated carbocycles. The van der Waals surface area contributed by atoms with Gasteiger partial charge in [0.1, 0.15) is 0 Å². The highest BCUT2D eigenvalue weighted by atomic mass is 15.4. The molecule has 2 nitrogen and oxygen atoms in total. The Balaban J connectivity index is 2.28. The van der Waals surface area contributed by atoms with Crippen LogP contribution in [0.25, 0.3) is 0 Å². The molecular weight excluding hydrogens is 148 g/mol. The van der Waals surface area contributed by atoms with Crippen molar-refractivity contribution in [3.05, 3.63) is 0 Å². The Morgan fingerprint density at radius 3 is 2.25 bits per heavy atom. The van der Waals surface area contributed by atoms with Gasteiger partial charge in [0.15, 0.2) is 0 Å². The van der Waals surface area contributed by atoms with Gasteiger partial charge in [0, 0.05) is 19.1 Å². The molecule has 0 aliphatic carbocycles. The summed E-state index contributed by atoms with van der Waals surface area (Å²) < 4.78 is 0. The third-order valence-electron chi connectivity index (χ3n) is 2.63. The number of hydrogen-bond acceptors (Lipinski definition) is 2. The highest BCUT2D eigenvalue weighted by molar-refractivity contribution is 4.74. The van der Waals surface area contributed by atoms with E-state index in [0.717, 1.165) is 18.6 Å². The molecule has 1 saturated heterocycles. The van der Waals surface area contributed by atoms with Crippen LogP contribution in [0.4, 0.5) is 0 Å². The van der Waals surface area contributed by atoms with E-state index < -0.39 is 0 Å². The molecule has 1 fully saturated rings. The van der Waals surface area contributed by atoms with Crippen molar-refractivity contribution in [2.45, 2.75) is 33.2 Å². The van der Waals surface area contributed by atoms with Crippen molar-refractivity contribution in [3.63, 3.8) is 0 Å². The summed E-state index contributed by atoms with van der Waals surface area (Å²) in [6.07, 6.45) is 1.33. The van der Waals surface area contributed by atoms with Crippen molar-refractivity contribution in [3.8, 4) is 0 Å². The standard InChI is InChI=1S/C10H22N2/c1-9(2)7-10(3)12-6-5-11(4)8-12/h9-10H,5-8H2,1-4H3. The van der Waals surface area contributed by atoms with E-state index in [9.17, 15) is 0 Å². The molecular formula is C10H22N2. The second kappa shape index (κ2) is 4.24. The van der Waals surface area contributed by atoms with Gasteiger partial charge in [0.25, 0.3) is 0 Å². The molecule has 1 rings (SSSR count). The Hall–Kier alpha value is -0.0800.